The molecule has 4 nitrogen and oxygen atoms in total. The number of oxime groups is 1. The molecule has 1 N–H and O–H groups in total. The Morgan fingerprint density at radius 2 is 1.88 bits per heavy atom. The molecule has 0 aliphatic carbocycles. The Labute approximate surface area is 155 Å². The predicted molar refractivity (Wildman–Crippen MR) is 109 cm³/mol. The largest absolute Gasteiger partial charge is 0.411 e. The number of benzene rings is 1. The van der Waals surface area contributed by atoms with E-state index < -0.39 is 0 Å². The van der Waals surface area contributed by atoms with Gasteiger partial charge in [0.1, 0.15) is 5.03 Å². The highest BCUT2D eigenvalue weighted by molar-refractivity contribution is 8.03. The molecule has 0 unspecified atom stereocenters. The van der Waals surface area contributed by atoms with Gasteiger partial charge in [0.25, 0.3) is 0 Å². The van der Waals surface area contributed by atoms with Crippen molar-refractivity contribution in [3.8, 4) is 0 Å². The van der Waals surface area contributed by atoms with Crippen LogP contribution in [-0.2, 0) is 0 Å². The summed E-state index contributed by atoms with van der Waals surface area (Å²) in [6.45, 7) is 6.12. The van der Waals surface area contributed by atoms with Crippen LogP contribution >= 0.6 is 11.8 Å². The van der Waals surface area contributed by atoms with Crippen LogP contribution in [0.2, 0.25) is 0 Å². The van der Waals surface area contributed by atoms with Gasteiger partial charge in [0, 0.05) is 17.5 Å². The minimum absolute atomic E-state index is 0.834. The van der Waals surface area contributed by atoms with E-state index in [0.717, 1.165) is 33.9 Å². The second-order valence-corrected chi connectivity index (χ2v) is 6.40. The van der Waals surface area contributed by atoms with Gasteiger partial charge in [-0.2, -0.15) is 5.10 Å². The monoisotopic (exact) mass is 357 g/mol. The molecule has 0 saturated heterocycles. The summed E-state index contributed by atoms with van der Waals surface area (Å²) in [5.74, 6) is 0. The Morgan fingerprint density at radius 3 is 2.48 bits per heavy atom. The number of hydrogen-bond donors (Lipinski definition) is 1. The van der Waals surface area contributed by atoms with Crippen LogP contribution in [0.4, 0.5) is 0 Å². The molecule has 5 heteroatoms. The minimum Gasteiger partial charge on any atom is -0.411 e. The molecule has 0 aliphatic heterocycles. The smallest absolute Gasteiger partial charge is 0.101 e. The maximum absolute atomic E-state index is 8.87. The number of hydrazone groups is 1. The van der Waals surface area contributed by atoms with E-state index in [-0.39, 0.29) is 0 Å². The second-order valence-electron chi connectivity index (χ2n) is 5.34. The molecule has 1 aromatic rings. The third kappa shape index (κ3) is 7.90. The van der Waals surface area contributed by atoms with Gasteiger partial charge >= 0.3 is 0 Å². The van der Waals surface area contributed by atoms with Crippen LogP contribution in [0.1, 0.15) is 33.6 Å². The highest BCUT2D eigenvalue weighted by Gasteiger charge is 2.09. The Hall–Kier alpha value is -2.27. The van der Waals surface area contributed by atoms with Gasteiger partial charge in [0.2, 0.25) is 0 Å². The van der Waals surface area contributed by atoms with Gasteiger partial charge < -0.3 is 5.21 Å². The Kier molecular flexibility index (Phi) is 10.1. The van der Waals surface area contributed by atoms with Gasteiger partial charge in [-0.1, -0.05) is 67.2 Å². The highest BCUT2D eigenvalue weighted by Crippen LogP contribution is 2.30. The molecule has 1 aromatic carbocycles. The van der Waals surface area contributed by atoms with Crippen molar-refractivity contribution in [2.75, 3.05) is 7.05 Å². The number of hydrogen-bond acceptors (Lipinski definition) is 5. The van der Waals surface area contributed by atoms with Crippen molar-refractivity contribution >= 4 is 24.2 Å². The van der Waals surface area contributed by atoms with Gasteiger partial charge in [-0.15, -0.1) is 0 Å². The Morgan fingerprint density at radius 1 is 1.16 bits per heavy atom. The van der Waals surface area contributed by atoms with Crippen LogP contribution < -0.4 is 0 Å². The molecule has 134 valence electrons. The molecule has 1 rings (SSSR count). The van der Waals surface area contributed by atoms with Crippen molar-refractivity contribution in [2.24, 2.45) is 10.3 Å². The van der Waals surface area contributed by atoms with E-state index >= 15 is 0 Å². The fourth-order valence-corrected chi connectivity index (χ4v) is 2.91. The van der Waals surface area contributed by atoms with Crippen LogP contribution in [0.3, 0.4) is 0 Å². The average Bonchev–Trinajstić information content (AvgIpc) is 2.62. The van der Waals surface area contributed by atoms with Crippen LogP contribution in [0.15, 0.2) is 79.9 Å². The van der Waals surface area contributed by atoms with Crippen molar-refractivity contribution in [1.82, 2.24) is 5.01 Å². The van der Waals surface area contributed by atoms with Gasteiger partial charge in [-0.05, 0) is 37.5 Å². The van der Waals surface area contributed by atoms with Gasteiger partial charge in [0.15, 0.2) is 0 Å². The molecule has 0 saturated carbocycles. The summed E-state index contributed by atoms with van der Waals surface area (Å²) in [6.07, 6.45) is 11.6. The molecule has 25 heavy (non-hydrogen) atoms. The second kappa shape index (κ2) is 12.1. The first-order chi connectivity index (χ1) is 12.1. The Balaban J connectivity index is 3.05. The summed E-state index contributed by atoms with van der Waals surface area (Å²) < 4.78 is 0. The van der Waals surface area contributed by atoms with E-state index in [4.69, 9.17) is 5.21 Å². The fraction of sp³-hybridized carbons (Fsp3) is 0.300. The molecule has 0 amide bonds. The maximum Gasteiger partial charge on any atom is 0.101 e. The molecular weight excluding hydrogens is 330 g/mol. The predicted octanol–water partition coefficient (Wildman–Crippen LogP) is 5.69. The van der Waals surface area contributed by atoms with E-state index in [1.165, 1.54) is 6.21 Å². The van der Waals surface area contributed by atoms with Crippen molar-refractivity contribution in [1.29, 1.82) is 0 Å². The molecule has 0 aromatic heterocycles. The lowest BCUT2D eigenvalue weighted by atomic mass is 10.2. The van der Waals surface area contributed by atoms with Crippen molar-refractivity contribution in [3.05, 3.63) is 64.7 Å². The molecule has 0 spiro atoms. The van der Waals surface area contributed by atoms with E-state index in [0.29, 0.717) is 0 Å². The number of thioether (sulfide) groups is 1. The summed E-state index contributed by atoms with van der Waals surface area (Å²) in [5, 5.41) is 19.3. The van der Waals surface area contributed by atoms with Gasteiger partial charge in [-0.3, -0.25) is 5.01 Å². The zero-order valence-electron chi connectivity index (χ0n) is 15.4. The molecule has 0 fully saturated rings. The number of rotatable bonds is 9. The first-order valence-electron chi connectivity index (χ1n) is 8.37. The molecule has 0 aliphatic rings. The SMILES string of the molecule is CC\C=C/C(/C=N/N(C)/C(Sc1ccccc1)=C(C)/C=N/O)=C\CC. The summed E-state index contributed by atoms with van der Waals surface area (Å²) in [7, 11) is 1.89. The molecule has 0 bridgehead atoms. The third-order valence-corrected chi connectivity index (χ3v) is 4.49. The minimum atomic E-state index is 0.834. The zero-order chi connectivity index (χ0) is 18.5. The Bertz CT molecular complexity index is 661. The van der Waals surface area contributed by atoms with E-state index in [9.17, 15) is 0 Å². The summed E-state index contributed by atoms with van der Waals surface area (Å²) in [4.78, 5) is 1.10. The van der Waals surface area contributed by atoms with E-state index in [2.05, 4.69) is 42.3 Å². The van der Waals surface area contributed by atoms with Crippen molar-refractivity contribution in [3.63, 3.8) is 0 Å². The average molecular weight is 358 g/mol. The fourth-order valence-electron chi connectivity index (χ4n) is 2.00. The normalized spacial score (nSPS) is 13.8. The lowest BCUT2D eigenvalue weighted by Gasteiger charge is -2.18. The molecule has 0 atom stereocenters. The number of nitrogens with zero attached hydrogens (tertiary/aromatic N) is 3. The lowest BCUT2D eigenvalue weighted by Crippen LogP contribution is -2.11. The summed E-state index contributed by atoms with van der Waals surface area (Å²) in [5.41, 5.74) is 1.91. The molecule has 0 heterocycles. The quantitative estimate of drug-likeness (QED) is 0.203. The van der Waals surface area contributed by atoms with Gasteiger partial charge in [-0.25, -0.2) is 0 Å². The number of allylic oxidation sites excluding steroid dienone is 5. The van der Waals surface area contributed by atoms with E-state index in [1.54, 1.807) is 16.8 Å². The maximum atomic E-state index is 8.87. The molecular formula is C20H27N3OS. The first-order valence-corrected chi connectivity index (χ1v) is 9.19. The van der Waals surface area contributed by atoms with E-state index in [1.807, 2.05) is 50.5 Å². The van der Waals surface area contributed by atoms with Crippen LogP contribution in [0, 0.1) is 0 Å². The van der Waals surface area contributed by atoms with Crippen LogP contribution in [-0.4, -0.2) is 29.7 Å². The standard InChI is InChI=1S/C20H27N3OS/c1-5-7-12-18(11-6-2)16-21-23(4)20(17(3)15-22-24)25-19-13-9-8-10-14-19/h7-16,24H,5-6H2,1-4H3/b12-7-,18-11+,20-17-,21-16+,22-15+. The van der Waals surface area contributed by atoms with Crippen LogP contribution in [0.5, 0.6) is 0 Å². The van der Waals surface area contributed by atoms with Gasteiger partial charge in [0.05, 0.1) is 12.4 Å². The zero-order valence-corrected chi connectivity index (χ0v) is 16.2. The van der Waals surface area contributed by atoms with Crippen molar-refractivity contribution in [2.45, 2.75) is 38.5 Å². The third-order valence-electron chi connectivity index (χ3n) is 3.21. The highest BCUT2D eigenvalue weighted by atomic mass is 32.2. The summed E-state index contributed by atoms with van der Waals surface area (Å²) in [6, 6.07) is 10.1. The lowest BCUT2D eigenvalue weighted by molar-refractivity contribution is 0.321. The van der Waals surface area contributed by atoms with Crippen LogP contribution in [0.25, 0.3) is 0 Å². The topological polar surface area (TPSA) is 48.2 Å². The van der Waals surface area contributed by atoms with Crippen molar-refractivity contribution < 1.29 is 5.21 Å². The molecule has 0 radical (unpaired) electrons. The summed E-state index contributed by atoms with van der Waals surface area (Å²) >= 11 is 1.58. The first kappa shape index (κ1) is 20.8.